The Hall–Kier alpha value is -3.44. The smallest absolute Gasteiger partial charge is 0.325 e. The van der Waals surface area contributed by atoms with Crippen molar-refractivity contribution in [2.45, 2.75) is 51.4 Å². The zero-order valence-corrected chi connectivity index (χ0v) is 18.8. The van der Waals surface area contributed by atoms with E-state index in [0.29, 0.717) is 0 Å². The number of H-pyrrole nitrogens is 1. The molecule has 0 aliphatic carbocycles. The highest BCUT2D eigenvalue weighted by Gasteiger charge is 2.30. The summed E-state index contributed by atoms with van der Waals surface area (Å²) in [6.45, 7) is 3.92. The Balaban J connectivity index is 2.00. The molecule has 4 unspecified atom stereocenters. The first kappa shape index (κ1) is 25.8. The number of aliphatic carboxylic acids is 1. The van der Waals surface area contributed by atoms with Crippen LogP contribution in [0.5, 0.6) is 0 Å². The second-order valence-electron chi connectivity index (χ2n) is 8.21. The molecule has 180 valence electrons. The number of hydrogen-bond donors (Lipinski definition) is 7. The topological polar surface area (TPSA) is 187 Å². The SMILES string of the molecule is CC(NC(=O)C(NC(=O)C(CO)NC(=O)C(N)Cc1c[nH]c2ccccc12)C(C)C)C(=O)O. The van der Waals surface area contributed by atoms with E-state index < -0.39 is 54.5 Å². The van der Waals surface area contributed by atoms with Gasteiger partial charge in [0, 0.05) is 17.1 Å². The molecule has 0 saturated carbocycles. The highest BCUT2D eigenvalue weighted by atomic mass is 16.4. The van der Waals surface area contributed by atoms with E-state index in [1.165, 1.54) is 6.92 Å². The van der Waals surface area contributed by atoms with Crippen molar-refractivity contribution in [3.63, 3.8) is 0 Å². The van der Waals surface area contributed by atoms with Crippen molar-refractivity contribution in [2.75, 3.05) is 6.61 Å². The van der Waals surface area contributed by atoms with Crippen molar-refractivity contribution < 1.29 is 29.4 Å². The van der Waals surface area contributed by atoms with E-state index in [4.69, 9.17) is 10.8 Å². The van der Waals surface area contributed by atoms with Crippen LogP contribution in [0.15, 0.2) is 30.5 Å². The first-order chi connectivity index (χ1) is 15.5. The van der Waals surface area contributed by atoms with Gasteiger partial charge in [-0.15, -0.1) is 0 Å². The van der Waals surface area contributed by atoms with Gasteiger partial charge in [-0.25, -0.2) is 0 Å². The van der Waals surface area contributed by atoms with Gasteiger partial charge in [-0.05, 0) is 30.9 Å². The molecule has 11 nitrogen and oxygen atoms in total. The molecule has 0 bridgehead atoms. The van der Waals surface area contributed by atoms with Crippen LogP contribution in [-0.4, -0.2) is 69.7 Å². The summed E-state index contributed by atoms with van der Waals surface area (Å²) in [6, 6.07) is 3.02. The lowest BCUT2D eigenvalue weighted by Gasteiger charge is -2.25. The molecule has 8 N–H and O–H groups in total. The maximum absolute atomic E-state index is 12.6. The van der Waals surface area contributed by atoms with Crippen molar-refractivity contribution in [2.24, 2.45) is 11.7 Å². The number of aromatic amines is 1. The summed E-state index contributed by atoms with van der Waals surface area (Å²) in [5, 5.41) is 26.7. The maximum atomic E-state index is 12.6. The van der Waals surface area contributed by atoms with Gasteiger partial charge in [0.25, 0.3) is 0 Å². The Morgan fingerprint density at radius 1 is 1.00 bits per heavy atom. The summed E-state index contributed by atoms with van der Waals surface area (Å²) in [5.41, 5.74) is 7.77. The number of aliphatic hydroxyl groups excluding tert-OH is 1. The van der Waals surface area contributed by atoms with Crippen LogP contribution in [0.1, 0.15) is 26.3 Å². The third-order valence-corrected chi connectivity index (χ3v) is 5.24. The fourth-order valence-electron chi connectivity index (χ4n) is 3.26. The van der Waals surface area contributed by atoms with Gasteiger partial charge < -0.3 is 36.9 Å². The zero-order valence-electron chi connectivity index (χ0n) is 18.8. The molecule has 1 aromatic carbocycles. The number of aromatic nitrogens is 1. The second kappa shape index (κ2) is 11.4. The summed E-state index contributed by atoms with van der Waals surface area (Å²) >= 11 is 0. The molecule has 0 saturated heterocycles. The average Bonchev–Trinajstić information content (AvgIpc) is 3.17. The van der Waals surface area contributed by atoms with Gasteiger partial charge in [0.2, 0.25) is 17.7 Å². The molecule has 11 heteroatoms. The van der Waals surface area contributed by atoms with Crippen molar-refractivity contribution in [1.29, 1.82) is 0 Å². The molecule has 3 amide bonds. The Morgan fingerprint density at radius 3 is 2.27 bits per heavy atom. The molecular weight excluding hydrogens is 430 g/mol. The molecule has 2 aromatic rings. The van der Waals surface area contributed by atoms with E-state index in [2.05, 4.69) is 20.9 Å². The normalized spacial score (nSPS) is 14.8. The van der Waals surface area contributed by atoms with Crippen LogP contribution in [0.25, 0.3) is 10.9 Å². The van der Waals surface area contributed by atoms with Gasteiger partial charge in [-0.2, -0.15) is 0 Å². The number of hydrogen-bond acceptors (Lipinski definition) is 6. The monoisotopic (exact) mass is 461 g/mol. The Bertz CT molecular complexity index is 1000. The first-order valence-electron chi connectivity index (χ1n) is 10.6. The molecule has 0 radical (unpaired) electrons. The Morgan fingerprint density at radius 2 is 1.67 bits per heavy atom. The lowest BCUT2D eigenvalue weighted by atomic mass is 10.0. The van der Waals surface area contributed by atoms with Crippen LogP contribution in [0.4, 0.5) is 0 Å². The number of carboxylic acid groups (broad SMARTS) is 1. The summed E-state index contributed by atoms with van der Waals surface area (Å²) in [4.78, 5) is 51.7. The number of aliphatic hydroxyl groups is 1. The van der Waals surface area contributed by atoms with Gasteiger partial charge in [-0.1, -0.05) is 32.0 Å². The van der Waals surface area contributed by atoms with Gasteiger partial charge in [0.15, 0.2) is 0 Å². The Labute approximate surface area is 191 Å². The summed E-state index contributed by atoms with van der Waals surface area (Å²) < 4.78 is 0. The molecule has 0 aliphatic rings. The van der Waals surface area contributed by atoms with Crippen molar-refractivity contribution in [3.05, 3.63) is 36.0 Å². The fraction of sp³-hybridized carbons (Fsp3) is 0.455. The highest BCUT2D eigenvalue weighted by molar-refractivity contribution is 5.94. The predicted molar refractivity (Wildman–Crippen MR) is 121 cm³/mol. The third kappa shape index (κ3) is 6.77. The van der Waals surface area contributed by atoms with Gasteiger partial charge in [0.1, 0.15) is 18.1 Å². The van der Waals surface area contributed by atoms with Crippen LogP contribution in [0, 0.1) is 5.92 Å². The van der Waals surface area contributed by atoms with Crippen LogP contribution in [0.2, 0.25) is 0 Å². The van der Waals surface area contributed by atoms with E-state index in [0.717, 1.165) is 16.5 Å². The average molecular weight is 462 g/mol. The standard InChI is InChI=1S/C22H31N5O6/c1-11(2)18(21(31)25-12(3)22(32)33)27-20(30)17(10-28)26-19(29)15(23)8-13-9-24-16-7-5-4-6-14(13)16/h4-7,9,11-12,15,17-18,24,28H,8,10,23H2,1-3H3,(H,25,31)(H,26,29)(H,27,30)(H,32,33). The number of nitrogens with one attached hydrogen (secondary N) is 4. The molecule has 0 spiro atoms. The minimum absolute atomic E-state index is 0.208. The van der Waals surface area contributed by atoms with Crippen LogP contribution >= 0.6 is 0 Å². The van der Waals surface area contributed by atoms with Crippen LogP contribution in [0.3, 0.4) is 0 Å². The number of nitrogens with two attached hydrogens (primary N) is 1. The molecule has 0 fully saturated rings. The van der Waals surface area contributed by atoms with E-state index in [1.807, 2.05) is 24.3 Å². The number of carboxylic acids is 1. The summed E-state index contributed by atoms with van der Waals surface area (Å²) in [6.07, 6.45) is 1.97. The largest absolute Gasteiger partial charge is 0.480 e. The van der Waals surface area contributed by atoms with Gasteiger partial charge in [-0.3, -0.25) is 19.2 Å². The lowest BCUT2D eigenvalue weighted by molar-refractivity contribution is -0.142. The summed E-state index contributed by atoms with van der Waals surface area (Å²) in [7, 11) is 0. The number of fused-ring (bicyclic) bond motifs is 1. The highest BCUT2D eigenvalue weighted by Crippen LogP contribution is 2.18. The molecular formula is C22H31N5O6. The van der Waals surface area contributed by atoms with Gasteiger partial charge >= 0.3 is 5.97 Å². The predicted octanol–water partition coefficient (Wildman–Crippen LogP) is -0.755. The van der Waals surface area contributed by atoms with Crippen LogP contribution in [-0.2, 0) is 25.6 Å². The van der Waals surface area contributed by atoms with Crippen LogP contribution < -0.4 is 21.7 Å². The third-order valence-electron chi connectivity index (χ3n) is 5.24. The molecule has 1 aromatic heterocycles. The van der Waals surface area contributed by atoms with Crippen molar-refractivity contribution in [3.8, 4) is 0 Å². The molecule has 4 atom stereocenters. The van der Waals surface area contributed by atoms with E-state index in [9.17, 15) is 24.3 Å². The molecule has 2 rings (SSSR count). The number of carbonyl (C=O) groups excluding carboxylic acids is 3. The number of amides is 3. The maximum Gasteiger partial charge on any atom is 0.325 e. The summed E-state index contributed by atoms with van der Waals surface area (Å²) in [5.74, 6) is -3.72. The molecule has 33 heavy (non-hydrogen) atoms. The van der Waals surface area contributed by atoms with Gasteiger partial charge in [0.05, 0.1) is 12.6 Å². The first-order valence-corrected chi connectivity index (χ1v) is 10.6. The van der Waals surface area contributed by atoms with E-state index in [-0.39, 0.29) is 12.3 Å². The zero-order chi connectivity index (χ0) is 24.7. The minimum Gasteiger partial charge on any atom is -0.480 e. The quantitative estimate of drug-likeness (QED) is 0.229. The van der Waals surface area contributed by atoms with Crippen molar-refractivity contribution >= 4 is 34.6 Å². The Kier molecular flexibility index (Phi) is 8.94. The second-order valence-corrected chi connectivity index (χ2v) is 8.21. The number of benzene rings is 1. The van der Waals surface area contributed by atoms with Crippen molar-refractivity contribution in [1.82, 2.24) is 20.9 Å². The molecule has 0 aliphatic heterocycles. The van der Waals surface area contributed by atoms with E-state index >= 15 is 0 Å². The molecule has 1 heterocycles. The minimum atomic E-state index is -1.34. The lowest BCUT2D eigenvalue weighted by Crippen LogP contribution is -2.59. The fourth-order valence-corrected chi connectivity index (χ4v) is 3.26. The number of rotatable bonds is 11. The van der Waals surface area contributed by atoms with E-state index in [1.54, 1.807) is 20.0 Å². The number of para-hydroxylation sites is 1. The number of carbonyl (C=O) groups is 4.